The minimum atomic E-state index is -0.0140. The van der Waals surface area contributed by atoms with Crippen LogP contribution in [0.5, 0.6) is 0 Å². The van der Waals surface area contributed by atoms with Crippen molar-refractivity contribution in [1.29, 1.82) is 0 Å². The minimum absolute atomic E-state index is 0.00305. The molecule has 1 saturated carbocycles. The van der Waals surface area contributed by atoms with Gasteiger partial charge in [-0.3, -0.25) is 4.79 Å². The van der Waals surface area contributed by atoms with Crippen molar-refractivity contribution in [2.75, 3.05) is 6.54 Å². The van der Waals surface area contributed by atoms with Crippen molar-refractivity contribution in [3.8, 4) is 0 Å². The summed E-state index contributed by atoms with van der Waals surface area (Å²) < 4.78 is 0.429. The van der Waals surface area contributed by atoms with Crippen LogP contribution in [-0.2, 0) is 4.79 Å². The van der Waals surface area contributed by atoms with Gasteiger partial charge in [0.25, 0.3) is 0 Å². The highest BCUT2D eigenvalue weighted by Crippen LogP contribution is 2.41. The van der Waals surface area contributed by atoms with Crippen molar-refractivity contribution in [3.05, 3.63) is 0 Å². The van der Waals surface area contributed by atoms with E-state index in [1.807, 2.05) is 11.8 Å². The molecule has 3 fully saturated rings. The van der Waals surface area contributed by atoms with Gasteiger partial charge in [0, 0.05) is 17.2 Å². The van der Waals surface area contributed by atoms with Crippen LogP contribution in [0.25, 0.3) is 0 Å². The molecule has 0 aromatic heterocycles. The second kappa shape index (κ2) is 6.02. The number of halogens is 1. The number of rotatable bonds is 2. The Bertz CT molecular complexity index is 346. The highest BCUT2D eigenvalue weighted by atomic mass is 35.5. The van der Waals surface area contributed by atoms with E-state index in [2.05, 4.69) is 22.7 Å². The van der Waals surface area contributed by atoms with E-state index in [9.17, 15) is 4.79 Å². The number of hydrazine groups is 1. The smallest absolute Gasteiger partial charge is 0.226 e. The van der Waals surface area contributed by atoms with Crippen LogP contribution < -0.4 is 10.7 Å². The standard InChI is InChI=1S/C12H20ClN3OS2/c1-7-6-16-12(18-7)19-11(15-16)14-10(17)8-4-2-3-5-9(8)13/h7-9,11-12,15H,2-6H2,1H3,(H,14,17). The third kappa shape index (κ3) is 3.18. The Hall–Kier alpha value is 0.380. The number of nitrogens with one attached hydrogen (secondary N) is 2. The average Bonchev–Trinajstić information content (AvgIpc) is 2.86. The van der Waals surface area contributed by atoms with Crippen molar-refractivity contribution in [3.63, 3.8) is 0 Å². The molecule has 5 unspecified atom stereocenters. The van der Waals surface area contributed by atoms with Crippen LogP contribution in [-0.4, -0.2) is 38.3 Å². The summed E-state index contributed by atoms with van der Waals surface area (Å²) in [6, 6.07) is 0. The Morgan fingerprint density at radius 2 is 2.16 bits per heavy atom. The second-order valence-electron chi connectivity index (χ2n) is 5.47. The predicted molar refractivity (Wildman–Crippen MR) is 81.8 cm³/mol. The first kappa shape index (κ1) is 14.3. The maximum absolute atomic E-state index is 12.3. The lowest BCUT2D eigenvalue weighted by Gasteiger charge is -2.27. The normalized spacial score (nSPS) is 43.2. The molecule has 7 heteroatoms. The number of hydrogen-bond acceptors (Lipinski definition) is 5. The molecule has 1 amide bonds. The first-order valence-corrected chi connectivity index (χ1v) is 9.24. The number of fused-ring (bicyclic) bond motifs is 1. The fraction of sp³-hybridized carbons (Fsp3) is 0.917. The van der Waals surface area contributed by atoms with Gasteiger partial charge in [0.05, 0.1) is 5.92 Å². The van der Waals surface area contributed by atoms with E-state index in [1.54, 1.807) is 11.8 Å². The molecule has 4 nitrogen and oxygen atoms in total. The lowest BCUT2D eigenvalue weighted by molar-refractivity contribution is -0.126. The third-order valence-electron chi connectivity index (χ3n) is 3.88. The molecule has 0 radical (unpaired) electrons. The third-order valence-corrected chi connectivity index (χ3v) is 7.16. The molecule has 2 N–H and O–H groups in total. The maximum Gasteiger partial charge on any atom is 0.226 e. The molecule has 2 saturated heterocycles. The van der Waals surface area contributed by atoms with Gasteiger partial charge in [0.2, 0.25) is 5.91 Å². The minimum Gasteiger partial charge on any atom is -0.330 e. The van der Waals surface area contributed by atoms with Crippen LogP contribution in [0.15, 0.2) is 0 Å². The molecule has 108 valence electrons. The van der Waals surface area contributed by atoms with Gasteiger partial charge in [-0.15, -0.1) is 23.4 Å². The van der Waals surface area contributed by atoms with Gasteiger partial charge in [0.15, 0.2) is 0 Å². The molecular formula is C12H20ClN3OS2. The summed E-state index contributed by atoms with van der Waals surface area (Å²) >= 11 is 10.0. The SMILES string of the molecule is CC1CN2NC(NC(=O)C3CCCCC3Cl)SC2S1. The molecule has 2 aliphatic heterocycles. The highest BCUT2D eigenvalue weighted by Gasteiger charge is 2.41. The molecule has 0 spiro atoms. The van der Waals surface area contributed by atoms with Crippen molar-refractivity contribution in [2.45, 2.75) is 53.4 Å². The van der Waals surface area contributed by atoms with Crippen LogP contribution in [0.2, 0.25) is 0 Å². The maximum atomic E-state index is 12.3. The first-order chi connectivity index (χ1) is 9.13. The number of thioether (sulfide) groups is 2. The van der Waals surface area contributed by atoms with Crippen LogP contribution in [0.3, 0.4) is 0 Å². The predicted octanol–water partition coefficient (Wildman–Crippen LogP) is 2.16. The fourth-order valence-corrected chi connectivity index (χ4v) is 6.28. The summed E-state index contributed by atoms with van der Waals surface area (Å²) in [6.45, 7) is 3.27. The lowest BCUT2D eigenvalue weighted by Crippen LogP contribution is -2.48. The zero-order valence-corrected chi connectivity index (χ0v) is 13.4. The number of carbonyl (C=O) groups excluding carboxylic acids is 1. The number of hydrogen-bond donors (Lipinski definition) is 2. The molecule has 1 aliphatic carbocycles. The van der Waals surface area contributed by atoms with Crippen LogP contribution in [0.4, 0.5) is 0 Å². The second-order valence-corrected chi connectivity index (χ2v) is 9.04. The van der Waals surface area contributed by atoms with E-state index in [4.69, 9.17) is 11.6 Å². The molecule has 5 atom stereocenters. The molecule has 3 rings (SSSR count). The van der Waals surface area contributed by atoms with Gasteiger partial charge in [-0.2, -0.15) is 0 Å². The van der Waals surface area contributed by atoms with Gasteiger partial charge < -0.3 is 5.32 Å². The zero-order valence-electron chi connectivity index (χ0n) is 11.0. The Labute approximate surface area is 127 Å². The quantitative estimate of drug-likeness (QED) is 0.763. The zero-order chi connectivity index (χ0) is 13.4. The van der Waals surface area contributed by atoms with Gasteiger partial charge in [0.1, 0.15) is 10.2 Å². The van der Waals surface area contributed by atoms with Crippen molar-refractivity contribution in [2.24, 2.45) is 5.92 Å². The summed E-state index contributed by atoms with van der Waals surface area (Å²) in [5.74, 6) is 0.101. The monoisotopic (exact) mass is 321 g/mol. The van der Waals surface area contributed by atoms with E-state index in [1.165, 1.54) is 0 Å². The summed E-state index contributed by atoms with van der Waals surface area (Å²) in [6.07, 6.45) is 4.16. The number of amides is 1. The van der Waals surface area contributed by atoms with Crippen LogP contribution >= 0.6 is 35.1 Å². The summed E-state index contributed by atoms with van der Waals surface area (Å²) in [7, 11) is 0. The fourth-order valence-electron chi connectivity index (χ4n) is 2.88. The molecular weight excluding hydrogens is 302 g/mol. The summed E-state index contributed by atoms with van der Waals surface area (Å²) in [4.78, 5) is 12.3. The Morgan fingerprint density at radius 1 is 1.37 bits per heavy atom. The van der Waals surface area contributed by atoms with Crippen LogP contribution in [0.1, 0.15) is 32.6 Å². The lowest BCUT2D eigenvalue weighted by atomic mass is 9.88. The number of nitrogens with zero attached hydrogens (tertiary/aromatic N) is 1. The molecule has 2 heterocycles. The number of alkyl halides is 1. The van der Waals surface area contributed by atoms with E-state index < -0.39 is 0 Å². The van der Waals surface area contributed by atoms with E-state index in [0.29, 0.717) is 9.96 Å². The summed E-state index contributed by atoms with van der Waals surface area (Å²) in [5.41, 5.74) is 3.37. The Balaban J connectivity index is 1.51. The van der Waals surface area contributed by atoms with Gasteiger partial charge in [-0.05, 0) is 12.8 Å². The van der Waals surface area contributed by atoms with E-state index in [-0.39, 0.29) is 22.7 Å². The topological polar surface area (TPSA) is 44.4 Å². The molecule has 0 bridgehead atoms. The van der Waals surface area contributed by atoms with Crippen molar-refractivity contribution < 1.29 is 4.79 Å². The average molecular weight is 322 g/mol. The first-order valence-electron chi connectivity index (χ1n) is 6.91. The van der Waals surface area contributed by atoms with Gasteiger partial charge in [-0.25, -0.2) is 10.4 Å². The molecule has 0 aromatic carbocycles. The van der Waals surface area contributed by atoms with Crippen molar-refractivity contribution in [1.82, 2.24) is 15.8 Å². The van der Waals surface area contributed by atoms with Gasteiger partial charge in [-0.1, -0.05) is 31.5 Å². The Morgan fingerprint density at radius 3 is 2.89 bits per heavy atom. The van der Waals surface area contributed by atoms with Gasteiger partial charge >= 0.3 is 0 Å². The number of carbonyl (C=O) groups is 1. The molecule has 3 aliphatic rings. The molecule has 0 aromatic rings. The largest absolute Gasteiger partial charge is 0.330 e. The highest BCUT2D eigenvalue weighted by molar-refractivity contribution is 8.17. The summed E-state index contributed by atoms with van der Waals surface area (Å²) in [5, 5.41) is 5.99. The van der Waals surface area contributed by atoms with E-state index in [0.717, 1.165) is 32.2 Å². The van der Waals surface area contributed by atoms with Crippen molar-refractivity contribution >= 4 is 41.0 Å². The van der Waals surface area contributed by atoms with E-state index >= 15 is 0 Å². The Kier molecular flexibility index (Phi) is 4.53. The van der Waals surface area contributed by atoms with Crippen LogP contribution in [0, 0.1) is 5.92 Å². The molecule has 19 heavy (non-hydrogen) atoms.